The van der Waals surface area contributed by atoms with Gasteiger partial charge in [0.15, 0.2) is 0 Å². The molecule has 0 spiro atoms. The summed E-state index contributed by atoms with van der Waals surface area (Å²) in [7, 11) is 2.12. The lowest BCUT2D eigenvalue weighted by molar-refractivity contribution is -0.117. The SMILES string of the molecule is CC(=O)N(c1ccccn1)C1CCN(C)CC1. The Bertz CT molecular complexity index is 372. The third-order valence-corrected chi connectivity index (χ3v) is 3.29. The largest absolute Gasteiger partial charge is 0.306 e. The molecule has 0 bridgehead atoms. The number of rotatable bonds is 2. The van der Waals surface area contributed by atoms with Crippen molar-refractivity contribution in [3.63, 3.8) is 0 Å². The minimum absolute atomic E-state index is 0.0817. The number of likely N-dealkylation sites (tertiary alicyclic amines) is 1. The number of hydrogen-bond acceptors (Lipinski definition) is 3. The Hall–Kier alpha value is -1.42. The van der Waals surface area contributed by atoms with Gasteiger partial charge < -0.3 is 4.90 Å². The molecule has 1 aromatic rings. The first-order valence-electron chi connectivity index (χ1n) is 6.08. The molecule has 2 rings (SSSR count). The Kier molecular flexibility index (Phi) is 3.74. The van der Waals surface area contributed by atoms with Gasteiger partial charge in [-0.15, -0.1) is 0 Å². The van der Waals surface area contributed by atoms with E-state index in [1.807, 2.05) is 23.1 Å². The predicted octanol–water partition coefficient (Wildman–Crippen LogP) is 1.53. The average molecular weight is 233 g/mol. The van der Waals surface area contributed by atoms with Crippen molar-refractivity contribution >= 4 is 11.7 Å². The van der Waals surface area contributed by atoms with Gasteiger partial charge in [-0.05, 0) is 45.1 Å². The number of aromatic nitrogens is 1. The molecule has 1 aliphatic rings. The lowest BCUT2D eigenvalue weighted by atomic mass is 10.0. The quantitative estimate of drug-likeness (QED) is 0.777. The maximum Gasteiger partial charge on any atom is 0.225 e. The zero-order valence-corrected chi connectivity index (χ0v) is 10.5. The van der Waals surface area contributed by atoms with Crippen molar-refractivity contribution < 1.29 is 4.79 Å². The summed E-state index contributed by atoms with van der Waals surface area (Å²) in [5.74, 6) is 0.854. The van der Waals surface area contributed by atoms with Crippen LogP contribution in [-0.4, -0.2) is 42.0 Å². The molecule has 1 saturated heterocycles. The van der Waals surface area contributed by atoms with Gasteiger partial charge in [0.25, 0.3) is 0 Å². The molecule has 0 N–H and O–H groups in total. The van der Waals surface area contributed by atoms with E-state index in [-0.39, 0.29) is 5.91 Å². The number of carbonyl (C=O) groups is 1. The predicted molar refractivity (Wildman–Crippen MR) is 67.9 cm³/mol. The third-order valence-electron chi connectivity index (χ3n) is 3.29. The highest BCUT2D eigenvalue weighted by Gasteiger charge is 2.26. The summed E-state index contributed by atoms with van der Waals surface area (Å²) in [6, 6.07) is 5.99. The van der Waals surface area contributed by atoms with Gasteiger partial charge in [-0.25, -0.2) is 4.98 Å². The van der Waals surface area contributed by atoms with Crippen molar-refractivity contribution in [3.05, 3.63) is 24.4 Å². The van der Waals surface area contributed by atoms with Crippen molar-refractivity contribution in [2.75, 3.05) is 25.0 Å². The van der Waals surface area contributed by atoms with Crippen LogP contribution in [0.15, 0.2) is 24.4 Å². The lowest BCUT2D eigenvalue weighted by Gasteiger charge is -2.36. The number of anilines is 1. The molecule has 17 heavy (non-hydrogen) atoms. The molecule has 4 heteroatoms. The van der Waals surface area contributed by atoms with Crippen LogP contribution in [0.2, 0.25) is 0 Å². The Balaban J connectivity index is 2.16. The topological polar surface area (TPSA) is 36.4 Å². The molecule has 0 unspecified atom stereocenters. The van der Waals surface area contributed by atoms with Crippen LogP contribution in [0.3, 0.4) is 0 Å². The summed E-state index contributed by atoms with van der Waals surface area (Å²) >= 11 is 0. The number of nitrogens with zero attached hydrogens (tertiary/aromatic N) is 3. The zero-order valence-electron chi connectivity index (χ0n) is 10.5. The second-order valence-corrected chi connectivity index (χ2v) is 4.61. The molecule has 1 aromatic heterocycles. The van der Waals surface area contributed by atoms with Gasteiger partial charge in [0.05, 0.1) is 0 Å². The van der Waals surface area contributed by atoms with Crippen LogP contribution in [0.1, 0.15) is 19.8 Å². The minimum Gasteiger partial charge on any atom is -0.306 e. The van der Waals surface area contributed by atoms with Crippen molar-refractivity contribution in [1.82, 2.24) is 9.88 Å². The molecule has 0 radical (unpaired) electrons. The average Bonchev–Trinajstić information content (AvgIpc) is 2.33. The standard InChI is InChI=1S/C13H19N3O/c1-11(17)16(13-5-3-4-8-14-13)12-6-9-15(2)10-7-12/h3-5,8,12H,6-7,9-10H2,1-2H3. The minimum atomic E-state index is 0.0817. The van der Waals surface area contributed by atoms with Crippen molar-refractivity contribution in [3.8, 4) is 0 Å². The molecular formula is C13H19N3O. The summed E-state index contributed by atoms with van der Waals surface area (Å²) in [6.07, 6.45) is 3.78. The maximum absolute atomic E-state index is 11.8. The fraction of sp³-hybridized carbons (Fsp3) is 0.538. The van der Waals surface area contributed by atoms with Crippen LogP contribution in [0.25, 0.3) is 0 Å². The van der Waals surface area contributed by atoms with Crippen LogP contribution in [0, 0.1) is 0 Å². The van der Waals surface area contributed by atoms with Gasteiger partial charge in [0.2, 0.25) is 5.91 Å². The first-order valence-corrected chi connectivity index (χ1v) is 6.08. The highest BCUT2D eigenvalue weighted by molar-refractivity contribution is 5.91. The van der Waals surface area contributed by atoms with Crippen LogP contribution in [0.5, 0.6) is 0 Å². The Morgan fingerprint density at radius 2 is 2.12 bits per heavy atom. The third kappa shape index (κ3) is 2.82. The highest BCUT2D eigenvalue weighted by Crippen LogP contribution is 2.21. The van der Waals surface area contributed by atoms with Crippen molar-refractivity contribution in [2.45, 2.75) is 25.8 Å². The lowest BCUT2D eigenvalue weighted by Crippen LogP contribution is -2.46. The van der Waals surface area contributed by atoms with E-state index in [0.717, 1.165) is 31.7 Å². The number of amides is 1. The highest BCUT2D eigenvalue weighted by atomic mass is 16.2. The van der Waals surface area contributed by atoms with Gasteiger partial charge in [-0.3, -0.25) is 9.69 Å². The van der Waals surface area contributed by atoms with Gasteiger partial charge in [0, 0.05) is 19.2 Å². The number of piperidine rings is 1. The van der Waals surface area contributed by atoms with Crippen LogP contribution in [0.4, 0.5) is 5.82 Å². The molecule has 2 heterocycles. The summed E-state index contributed by atoms with van der Waals surface area (Å²) in [5, 5.41) is 0. The number of pyridine rings is 1. The van der Waals surface area contributed by atoms with Gasteiger partial charge in [-0.2, -0.15) is 0 Å². The normalized spacial score (nSPS) is 18.0. The van der Waals surface area contributed by atoms with E-state index in [4.69, 9.17) is 0 Å². The Morgan fingerprint density at radius 3 is 2.65 bits per heavy atom. The molecule has 92 valence electrons. The van der Waals surface area contributed by atoms with Gasteiger partial charge in [-0.1, -0.05) is 6.07 Å². The van der Waals surface area contributed by atoms with E-state index in [1.54, 1.807) is 13.1 Å². The second-order valence-electron chi connectivity index (χ2n) is 4.61. The summed E-state index contributed by atoms with van der Waals surface area (Å²) in [6.45, 7) is 3.70. The van der Waals surface area contributed by atoms with E-state index < -0.39 is 0 Å². The molecule has 1 amide bonds. The van der Waals surface area contributed by atoms with Crippen molar-refractivity contribution in [1.29, 1.82) is 0 Å². The van der Waals surface area contributed by atoms with Crippen LogP contribution < -0.4 is 4.90 Å². The molecule has 0 aromatic carbocycles. The van der Waals surface area contributed by atoms with E-state index >= 15 is 0 Å². The van der Waals surface area contributed by atoms with Crippen molar-refractivity contribution in [2.24, 2.45) is 0 Å². The van der Waals surface area contributed by atoms with Crippen LogP contribution >= 0.6 is 0 Å². The monoisotopic (exact) mass is 233 g/mol. The first-order chi connectivity index (χ1) is 8.18. The van der Waals surface area contributed by atoms with E-state index in [1.165, 1.54) is 0 Å². The first kappa shape index (κ1) is 12.0. The summed E-state index contributed by atoms with van der Waals surface area (Å²) < 4.78 is 0. The summed E-state index contributed by atoms with van der Waals surface area (Å²) in [4.78, 5) is 20.2. The van der Waals surface area contributed by atoms with E-state index in [0.29, 0.717) is 6.04 Å². The zero-order chi connectivity index (χ0) is 12.3. The fourth-order valence-corrected chi connectivity index (χ4v) is 2.35. The van der Waals surface area contributed by atoms with Gasteiger partial charge >= 0.3 is 0 Å². The molecule has 0 saturated carbocycles. The molecule has 1 fully saturated rings. The second kappa shape index (κ2) is 5.27. The van der Waals surface area contributed by atoms with Gasteiger partial charge in [0.1, 0.15) is 5.82 Å². The van der Waals surface area contributed by atoms with E-state index in [9.17, 15) is 4.79 Å². The fourth-order valence-electron chi connectivity index (χ4n) is 2.35. The molecular weight excluding hydrogens is 214 g/mol. The molecule has 0 atom stereocenters. The number of hydrogen-bond donors (Lipinski definition) is 0. The Morgan fingerprint density at radius 1 is 1.41 bits per heavy atom. The maximum atomic E-state index is 11.8. The Labute approximate surface area is 102 Å². The molecule has 1 aliphatic heterocycles. The number of carbonyl (C=O) groups excluding carboxylic acids is 1. The van der Waals surface area contributed by atoms with E-state index in [2.05, 4.69) is 16.9 Å². The van der Waals surface area contributed by atoms with Crippen LogP contribution in [-0.2, 0) is 4.79 Å². The smallest absolute Gasteiger partial charge is 0.225 e. The summed E-state index contributed by atoms with van der Waals surface area (Å²) in [5.41, 5.74) is 0. The molecule has 4 nitrogen and oxygen atoms in total. The molecule has 0 aliphatic carbocycles.